The number of aliphatic carboxylic acids is 1. The molecule has 0 fully saturated rings. The Hall–Kier alpha value is -5.37. The fourth-order valence-electron chi connectivity index (χ4n) is 6.03. The summed E-state index contributed by atoms with van der Waals surface area (Å²) in [6.45, 7) is 18.5. The van der Waals surface area contributed by atoms with Gasteiger partial charge in [-0.2, -0.15) is 0 Å². The molecule has 0 saturated carbocycles. The van der Waals surface area contributed by atoms with Crippen LogP contribution in [0.4, 0.5) is 0 Å². The number of rotatable bonds is 23. The van der Waals surface area contributed by atoms with Crippen LogP contribution < -0.4 is 5.73 Å². The quantitative estimate of drug-likeness (QED) is 0.0924. The van der Waals surface area contributed by atoms with E-state index in [9.17, 15) is 33.6 Å². The standard InChI is InChI=1S/C43H70N8O12/c1-40(2,3)60-36(56)26-50(27-37(57)61-41(4,5)6)33(52)24-48-19-16-45-31(48)22-47(18-14-13-15-30(44)21-35(54)55)23-32-46-17-20-49(32)25-34(53)51(28-38(58)62-42(7,8)9)29-39(59)63-43(10,11)12/h16-17,19-20,30H,13-15,18,21-29,44H2,1-12H3,(H,54,55)/t30-/m0/s1. The second kappa shape index (κ2) is 23.4. The highest BCUT2D eigenvalue weighted by Crippen LogP contribution is 2.16. The maximum absolute atomic E-state index is 13.8. The Labute approximate surface area is 370 Å². The molecule has 0 aliphatic rings. The van der Waals surface area contributed by atoms with Gasteiger partial charge in [0, 0.05) is 30.8 Å². The Morgan fingerprint density at radius 1 is 0.603 bits per heavy atom. The molecular formula is C43H70N8O12. The van der Waals surface area contributed by atoms with Gasteiger partial charge in [-0.3, -0.25) is 38.5 Å². The van der Waals surface area contributed by atoms with Crippen LogP contribution in [0, 0.1) is 0 Å². The van der Waals surface area contributed by atoms with Crippen molar-refractivity contribution in [3.05, 3.63) is 36.4 Å². The van der Waals surface area contributed by atoms with Gasteiger partial charge in [0.25, 0.3) is 0 Å². The summed E-state index contributed by atoms with van der Waals surface area (Å²) in [6, 6.07) is -0.528. The van der Waals surface area contributed by atoms with Gasteiger partial charge in [0.15, 0.2) is 0 Å². The van der Waals surface area contributed by atoms with E-state index in [0.29, 0.717) is 37.5 Å². The average Bonchev–Trinajstić information content (AvgIpc) is 3.70. The number of hydrogen-bond acceptors (Lipinski definition) is 15. The number of carboxylic acids is 1. The van der Waals surface area contributed by atoms with Crippen molar-refractivity contribution in [1.29, 1.82) is 0 Å². The molecule has 0 aliphatic carbocycles. The van der Waals surface area contributed by atoms with Gasteiger partial charge in [-0.05, 0) is 102 Å². The van der Waals surface area contributed by atoms with Crippen LogP contribution in [0.25, 0.3) is 0 Å². The first kappa shape index (κ1) is 53.8. The number of amides is 2. The second-order valence-electron chi connectivity index (χ2n) is 19.4. The Kier molecular flexibility index (Phi) is 19.9. The van der Waals surface area contributed by atoms with E-state index in [4.69, 9.17) is 29.8 Å². The van der Waals surface area contributed by atoms with Gasteiger partial charge >= 0.3 is 29.8 Å². The molecular weight excluding hydrogens is 821 g/mol. The van der Waals surface area contributed by atoms with E-state index in [1.807, 2.05) is 4.90 Å². The van der Waals surface area contributed by atoms with Crippen molar-refractivity contribution in [1.82, 2.24) is 33.8 Å². The number of nitrogens with two attached hydrogens (primary N) is 1. The highest BCUT2D eigenvalue weighted by Gasteiger charge is 2.29. The number of unbranched alkanes of at least 4 members (excludes halogenated alkanes) is 1. The average molecular weight is 891 g/mol. The zero-order chi connectivity index (χ0) is 47.9. The maximum Gasteiger partial charge on any atom is 0.326 e. The minimum atomic E-state index is -0.988. The molecule has 2 rings (SSSR count). The van der Waals surface area contributed by atoms with E-state index >= 15 is 0 Å². The van der Waals surface area contributed by atoms with E-state index in [-0.39, 0.29) is 32.6 Å². The first-order chi connectivity index (χ1) is 28.9. The second-order valence-corrected chi connectivity index (χ2v) is 19.4. The molecule has 0 aromatic carbocycles. The van der Waals surface area contributed by atoms with Crippen LogP contribution >= 0.6 is 0 Å². The number of esters is 4. The predicted octanol–water partition coefficient (Wildman–Crippen LogP) is 3.08. The van der Waals surface area contributed by atoms with Gasteiger partial charge in [0.2, 0.25) is 11.8 Å². The van der Waals surface area contributed by atoms with Crippen LogP contribution in [0.3, 0.4) is 0 Å². The summed E-state index contributed by atoms with van der Waals surface area (Å²) < 4.78 is 24.9. The van der Waals surface area contributed by atoms with Crippen molar-refractivity contribution >= 4 is 41.7 Å². The Morgan fingerprint density at radius 2 is 0.937 bits per heavy atom. The predicted molar refractivity (Wildman–Crippen MR) is 229 cm³/mol. The van der Waals surface area contributed by atoms with Crippen molar-refractivity contribution in [3.8, 4) is 0 Å². The molecule has 20 nitrogen and oxygen atoms in total. The lowest BCUT2D eigenvalue weighted by atomic mass is 10.1. The monoisotopic (exact) mass is 891 g/mol. The van der Waals surface area contributed by atoms with Crippen molar-refractivity contribution < 1.29 is 57.6 Å². The minimum absolute atomic E-state index is 0.168. The van der Waals surface area contributed by atoms with Gasteiger partial charge < -0.3 is 48.7 Å². The molecule has 0 spiro atoms. The fraction of sp³-hybridized carbons (Fsp3) is 0.698. The number of imidazole rings is 2. The number of ether oxygens (including phenoxy) is 4. The zero-order valence-corrected chi connectivity index (χ0v) is 39.2. The Bertz CT molecular complexity index is 1680. The third kappa shape index (κ3) is 23.0. The molecule has 20 heteroatoms. The van der Waals surface area contributed by atoms with E-state index in [1.54, 1.807) is 105 Å². The number of hydrogen-bond donors (Lipinski definition) is 2. The summed E-state index contributed by atoms with van der Waals surface area (Å²) in [5, 5.41) is 9.16. The van der Waals surface area contributed by atoms with Gasteiger partial charge in [-0.25, -0.2) is 9.97 Å². The van der Waals surface area contributed by atoms with Crippen molar-refractivity contribution in [2.45, 2.75) is 163 Å². The zero-order valence-electron chi connectivity index (χ0n) is 39.2. The summed E-state index contributed by atoms with van der Waals surface area (Å²) in [5.41, 5.74) is 2.70. The largest absolute Gasteiger partial charge is 0.481 e. The molecule has 3 N–H and O–H groups in total. The SMILES string of the molecule is CC(C)(C)OC(=O)CN(CC(=O)OC(C)(C)C)C(=O)Cn1ccnc1CN(CCCC[C@H](N)CC(=O)O)Cc1nccn1CC(=O)N(CC(=O)OC(C)(C)C)CC(=O)OC(C)(C)C. The number of carboxylic acid groups (broad SMARTS) is 1. The van der Waals surface area contributed by atoms with Gasteiger partial charge in [-0.1, -0.05) is 6.42 Å². The minimum Gasteiger partial charge on any atom is -0.481 e. The maximum atomic E-state index is 13.8. The summed E-state index contributed by atoms with van der Waals surface area (Å²) >= 11 is 0. The lowest BCUT2D eigenvalue weighted by molar-refractivity contribution is -0.165. The molecule has 0 radical (unpaired) electrons. The lowest BCUT2D eigenvalue weighted by Crippen LogP contribution is -2.44. The first-order valence-corrected chi connectivity index (χ1v) is 21.0. The van der Waals surface area contributed by atoms with E-state index in [1.165, 1.54) is 12.4 Å². The molecule has 2 amide bonds. The number of aromatic nitrogens is 4. The van der Waals surface area contributed by atoms with Crippen molar-refractivity contribution in [2.24, 2.45) is 5.73 Å². The topological polar surface area (TPSA) is 248 Å². The molecule has 2 heterocycles. The van der Waals surface area contributed by atoms with Crippen molar-refractivity contribution in [2.75, 3.05) is 32.7 Å². The molecule has 0 unspecified atom stereocenters. The van der Waals surface area contributed by atoms with Crippen LogP contribution in [0.2, 0.25) is 0 Å². The summed E-state index contributed by atoms with van der Waals surface area (Å²) in [6.07, 6.45) is 7.70. The Morgan fingerprint density at radius 3 is 1.24 bits per heavy atom. The molecule has 0 saturated heterocycles. The number of carbonyl (C=O) groups is 7. The molecule has 2 aromatic heterocycles. The first-order valence-electron chi connectivity index (χ1n) is 21.0. The van der Waals surface area contributed by atoms with E-state index in [0.717, 1.165) is 9.80 Å². The van der Waals surface area contributed by atoms with Crippen molar-refractivity contribution in [3.63, 3.8) is 0 Å². The van der Waals surface area contributed by atoms with Crippen LogP contribution in [-0.2, 0) is 78.7 Å². The molecule has 1 atom stereocenters. The van der Waals surface area contributed by atoms with Crippen LogP contribution in [0.15, 0.2) is 24.8 Å². The van der Waals surface area contributed by atoms with Gasteiger partial charge in [0.05, 0.1) is 19.5 Å². The normalized spacial score (nSPS) is 12.7. The molecule has 63 heavy (non-hydrogen) atoms. The van der Waals surface area contributed by atoms with Gasteiger partial charge in [-0.15, -0.1) is 0 Å². The molecule has 0 aliphatic heterocycles. The highest BCUT2D eigenvalue weighted by atomic mass is 16.6. The summed E-state index contributed by atoms with van der Waals surface area (Å²) in [4.78, 5) is 103. The molecule has 2 aromatic rings. The highest BCUT2D eigenvalue weighted by molar-refractivity contribution is 5.87. The van der Waals surface area contributed by atoms with Crippen LogP contribution in [0.1, 0.15) is 120 Å². The fourth-order valence-corrected chi connectivity index (χ4v) is 6.03. The summed E-state index contributed by atoms with van der Waals surface area (Å²) in [7, 11) is 0. The van der Waals surface area contributed by atoms with Crippen LogP contribution in [-0.4, -0.2) is 142 Å². The molecule has 0 bridgehead atoms. The van der Waals surface area contributed by atoms with Gasteiger partial charge in [0.1, 0.15) is 73.3 Å². The number of nitrogens with zero attached hydrogens (tertiary/aromatic N) is 7. The van der Waals surface area contributed by atoms with E-state index in [2.05, 4.69) is 9.97 Å². The third-order valence-corrected chi connectivity index (χ3v) is 8.35. The Balaban J connectivity index is 2.40. The van der Waals surface area contributed by atoms with Crippen LogP contribution in [0.5, 0.6) is 0 Å². The third-order valence-electron chi connectivity index (χ3n) is 8.35. The smallest absolute Gasteiger partial charge is 0.326 e. The number of carbonyl (C=O) groups excluding carboxylic acids is 6. The lowest BCUT2D eigenvalue weighted by Gasteiger charge is -2.27. The molecule has 354 valence electrons. The van der Waals surface area contributed by atoms with E-state index < -0.39 is 96.3 Å². The summed E-state index contributed by atoms with van der Waals surface area (Å²) in [5.74, 6) is -4.03.